The summed E-state index contributed by atoms with van der Waals surface area (Å²) >= 11 is 0. The van der Waals surface area contributed by atoms with Gasteiger partial charge in [0.2, 0.25) is 0 Å². The second-order valence-electron chi connectivity index (χ2n) is 4.72. The van der Waals surface area contributed by atoms with Crippen molar-refractivity contribution < 1.29 is 9.47 Å². The molecule has 0 unspecified atom stereocenters. The van der Waals surface area contributed by atoms with E-state index in [4.69, 9.17) is 9.47 Å². The molecule has 0 radical (unpaired) electrons. The molecule has 2 nitrogen and oxygen atoms in total. The quantitative estimate of drug-likeness (QED) is 0.784. The van der Waals surface area contributed by atoms with E-state index in [1.807, 2.05) is 6.07 Å². The molecular formula is C15H22O2. The Morgan fingerprint density at radius 3 is 2.53 bits per heavy atom. The predicted octanol–water partition coefficient (Wildman–Crippen LogP) is 3.97. The summed E-state index contributed by atoms with van der Waals surface area (Å²) in [7, 11) is 1.71. The average molecular weight is 234 g/mol. The molecule has 17 heavy (non-hydrogen) atoms. The fraction of sp³-hybridized carbons (Fsp3) is 0.600. The monoisotopic (exact) mass is 234 g/mol. The second-order valence-corrected chi connectivity index (χ2v) is 4.72. The van der Waals surface area contributed by atoms with Gasteiger partial charge in [0.1, 0.15) is 0 Å². The molecule has 0 atom stereocenters. The summed E-state index contributed by atoms with van der Waals surface area (Å²) in [6.07, 6.45) is 7.70. The Balaban J connectivity index is 2.08. The number of hydrogen-bond donors (Lipinski definition) is 0. The van der Waals surface area contributed by atoms with Gasteiger partial charge in [-0.2, -0.15) is 0 Å². The molecule has 0 heterocycles. The van der Waals surface area contributed by atoms with Crippen LogP contribution in [0.1, 0.15) is 44.6 Å². The Hall–Kier alpha value is -1.18. The van der Waals surface area contributed by atoms with Crippen molar-refractivity contribution in [1.29, 1.82) is 0 Å². The van der Waals surface area contributed by atoms with Crippen molar-refractivity contribution in [3.63, 3.8) is 0 Å². The number of aryl methyl sites for hydroxylation is 1. The van der Waals surface area contributed by atoms with Crippen LogP contribution in [0.25, 0.3) is 0 Å². The Kier molecular flexibility index (Phi) is 4.29. The van der Waals surface area contributed by atoms with E-state index in [1.165, 1.54) is 37.7 Å². The van der Waals surface area contributed by atoms with Crippen molar-refractivity contribution in [3.8, 4) is 11.5 Å². The number of methoxy groups -OCH3 is 1. The summed E-state index contributed by atoms with van der Waals surface area (Å²) in [6, 6.07) is 6.26. The second kappa shape index (κ2) is 5.95. The Bertz CT molecular complexity index is 354. The highest BCUT2D eigenvalue weighted by molar-refractivity contribution is 5.43. The fourth-order valence-electron chi connectivity index (χ4n) is 2.39. The summed E-state index contributed by atoms with van der Waals surface area (Å²) in [5, 5.41) is 0. The molecule has 0 amide bonds. The third-order valence-electron chi connectivity index (χ3n) is 3.48. The zero-order valence-corrected chi connectivity index (χ0v) is 10.9. The molecule has 0 bridgehead atoms. The molecule has 1 saturated carbocycles. The zero-order chi connectivity index (χ0) is 12.1. The van der Waals surface area contributed by atoms with Crippen molar-refractivity contribution in [2.45, 2.75) is 51.6 Å². The lowest BCUT2D eigenvalue weighted by atomic mass is 9.98. The Morgan fingerprint density at radius 2 is 1.88 bits per heavy atom. The van der Waals surface area contributed by atoms with Crippen molar-refractivity contribution >= 4 is 0 Å². The van der Waals surface area contributed by atoms with Gasteiger partial charge in [-0.3, -0.25) is 0 Å². The van der Waals surface area contributed by atoms with E-state index < -0.39 is 0 Å². The van der Waals surface area contributed by atoms with Crippen LogP contribution in [0.15, 0.2) is 18.2 Å². The van der Waals surface area contributed by atoms with Gasteiger partial charge in [-0.1, -0.05) is 19.4 Å². The third kappa shape index (κ3) is 3.15. The van der Waals surface area contributed by atoms with Crippen LogP contribution in [0.2, 0.25) is 0 Å². The zero-order valence-electron chi connectivity index (χ0n) is 10.9. The maximum absolute atomic E-state index is 6.05. The molecule has 94 valence electrons. The SMILES string of the molecule is CCc1ccc(OC2CCCCC2)c(OC)c1. The average Bonchev–Trinajstić information content (AvgIpc) is 2.40. The van der Waals surface area contributed by atoms with Crippen molar-refractivity contribution in [2.75, 3.05) is 7.11 Å². The van der Waals surface area contributed by atoms with Crippen LogP contribution in [0.4, 0.5) is 0 Å². The van der Waals surface area contributed by atoms with Crippen LogP contribution in [-0.4, -0.2) is 13.2 Å². The minimum absolute atomic E-state index is 0.380. The molecule has 2 rings (SSSR count). The highest BCUT2D eigenvalue weighted by Crippen LogP contribution is 2.31. The van der Waals surface area contributed by atoms with Crippen molar-refractivity contribution in [2.24, 2.45) is 0 Å². The number of ether oxygens (including phenoxy) is 2. The van der Waals surface area contributed by atoms with E-state index in [-0.39, 0.29) is 0 Å². The van der Waals surface area contributed by atoms with Crippen LogP contribution in [-0.2, 0) is 6.42 Å². The highest BCUT2D eigenvalue weighted by Gasteiger charge is 2.16. The van der Waals surface area contributed by atoms with E-state index in [0.717, 1.165) is 17.9 Å². The van der Waals surface area contributed by atoms with Gasteiger partial charge in [0.25, 0.3) is 0 Å². The molecule has 0 aromatic heterocycles. The topological polar surface area (TPSA) is 18.5 Å². The minimum atomic E-state index is 0.380. The van der Waals surface area contributed by atoms with E-state index in [9.17, 15) is 0 Å². The maximum atomic E-state index is 6.05. The Morgan fingerprint density at radius 1 is 1.12 bits per heavy atom. The van der Waals surface area contributed by atoms with Crippen molar-refractivity contribution in [1.82, 2.24) is 0 Å². The van der Waals surface area contributed by atoms with E-state index in [1.54, 1.807) is 7.11 Å². The summed E-state index contributed by atoms with van der Waals surface area (Å²) in [6.45, 7) is 2.15. The molecule has 1 aromatic rings. The van der Waals surface area contributed by atoms with Gasteiger partial charge in [0.15, 0.2) is 11.5 Å². The van der Waals surface area contributed by atoms with Crippen LogP contribution in [0, 0.1) is 0 Å². The molecule has 1 aliphatic rings. The first-order chi connectivity index (χ1) is 8.33. The molecule has 0 spiro atoms. The normalized spacial score (nSPS) is 16.8. The lowest BCUT2D eigenvalue weighted by molar-refractivity contribution is 0.149. The minimum Gasteiger partial charge on any atom is -0.493 e. The van der Waals surface area contributed by atoms with E-state index in [2.05, 4.69) is 19.1 Å². The van der Waals surface area contributed by atoms with Gasteiger partial charge in [-0.25, -0.2) is 0 Å². The third-order valence-corrected chi connectivity index (χ3v) is 3.48. The summed E-state index contributed by atoms with van der Waals surface area (Å²) < 4.78 is 11.5. The van der Waals surface area contributed by atoms with Gasteiger partial charge < -0.3 is 9.47 Å². The van der Waals surface area contributed by atoms with Crippen LogP contribution in [0.3, 0.4) is 0 Å². The molecule has 0 saturated heterocycles. The van der Waals surface area contributed by atoms with Gasteiger partial charge in [-0.05, 0) is 49.8 Å². The molecule has 2 heteroatoms. The lowest BCUT2D eigenvalue weighted by Gasteiger charge is -2.24. The maximum Gasteiger partial charge on any atom is 0.161 e. The number of benzene rings is 1. The van der Waals surface area contributed by atoms with Gasteiger partial charge in [0, 0.05) is 0 Å². The van der Waals surface area contributed by atoms with Gasteiger partial charge in [0.05, 0.1) is 13.2 Å². The standard InChI is InChI=1S/C15H22O2/c1-3-12-9-10-14(15(11-12)16-2)17-13-7-5-4-6-8-13/h9-11,13H,3-8H2,1-2H3. The predicted molar refractivity (Wildman–Crippen MR) is 69.9 cm³/mol. The van der Waals surface area contributed by atoms with Crippen molar-refractivity contribution in [3.05, 3.63) is 23.8 Å². The van der Waals surface area contributed by atoms with E-state index >= 15 is 0 Å². The first kappa shape index (κ1) is 12.3. The van der Waals surface area contributed by atoms with E-state index in [0.29, 0.717) is 6.10 Å². The lowest BCUT2D eigenvalue weighted by Crippen LogP contribution is -2.19. The summed E-state index contributed by atoms with van der Waals surface area (Å²) in [5.74, 6) is 1.77. The first-order valence-electron chi connectivity index (χ1n) is 6.67. The number of rotatable bonds is 4. The van der Waals surface area contributed by atoms with Crippen LogP contribution >= 0.6 is 0 Å². The highest BCUT2D eigenvalue weighted by atomic mass is 16.5. The Labute approximate surface area is 104 Å². The molecule has 0 aliphatic heterocycles. The molecular weight excluding hydrogens is 212 g/mol. The fourth-order valence-corrected chi connectivity index (χ4v) is 2.39. The van der Waals surface area contributed by atoms with Gasteiger partial charge >= 0.3 is 0 Å². The van der Waals surface area contributed by atoms with Gasteiger partial charge in [-0.15, -0.1) is 0 Å². The summed E-state index contributed by atoms with van der Waals surface area (Å²) in [4.78, 5) is 0. The first-order valence-corrected chi connectivity index (χ1v) is 6.67. The summed E-state index contributed by atoms with van der Waals surface area (Å²) in [5.41, 5.74) is 1.29. The largest absolute Gasteiger partial charge is 0.493 e. The molecule has 1 fully saturated rings. The van der Waals surface area contributed by atoms with Crippen LogP contribution < -0.4 is 9.47 Å². The number of hydrogen-bond acceptors (Lipinski definition) is 2. The molecule has 1 aliphatic carbocycles. The molecule has 1 aromatic carbocycles. The molecule has 0 N–H and O–H groups in total. The smallest absolute Gasteiger partial charge is 0.161 e. The van der Waals surface area contributed by atoms with Crippen LogP contribution in [0.5, 0.6) is 11.5 Å².